The molecule has 0 saturated carbocycles. The van der Waals surface area contributed by atoms with Crippen molar-refractivity contribution in [3.63, 3.8) is 0 Å². The molecule has 0 aromatic heterocycles. The number of rotatable bonds is 1. The first-order valence-electron chi connectivity index (χ1n) is 7.34. The third-order valence-electron chi connectivity index (χ3n) is 5.24. The number of fused-ring (bicyclic) bond motifs is 1. The molecular weight excluding hydrogens is 264 g/mol. The van der Waals surface area contributed by atoms with Gasteiger partial charge in [0.05, 0.1) is 0 Å². The molecule has 1 aliphatic heterocycles. The lowest BCUT2D eigenvalue weighted by Gasteiger charge is -2.49. The quantitative estimate of drug-likeness (QED) is 0.652. The van der Waals surface area contributed by atoms with E-state index in [0.29, 0.717) is 5.92 Å². The van der Waals surface area contributed by atoms with Gasteiger partial charge in [0.1, 0.15) is 0 Å². The Hall–Kier alpha value is -0.760. The highest BCUT2D eigenvalue weighted by molar-refractivity contribution is 8.00. The number of hydrogen-bond donors (Lipinski definition) is 0. The van der Waals surface area contributed by atoms with E-state index < -0.39 is 0 Å². The van der Waals surface area contributed by atoms with Crippen molar-refractivity contribution in [1.82, 2.24) is 0 Å². The molecule has 0 bridgehead atoms. The zero-order chi connectivity index (χ0) is 15.5. The van der Waals surface area contributed by atoms with E-state index in [2.05, 4.69) is 54.5 Å². The van der Waals surface area contributed by atoms with E-state index in [1.165, 1.54) is 21.6 Å². The molecule has 1 atom stereocenters. The van der Waals surface area contributed by atoms with Crippen LogP contribution in [0.5, 0.6) is 0 Å². The molecule has 0 amide bonds. The zero-order valence-electron chi connectivity index (χ0n) is 14.0. The first-order chi connectivity index (χ1) is 9.00. The fraction of sp³-hybridized carbons (Fsp3) is 0.611. The van der Waals surface area contributed by atoms with Crippen LogP contribution in [0.4, 0.5) is 0 Å². The van der Waals surface area contributed by atoms with Crippen LogP contribution in [0, 0.1) is 19.8 Å². The van der Waals surface area contributed by atoms with Crippen molar-refractivity contribution in [1.29, 1.82) is 0 Å². The number of thioether (sulfide) groups is 1. The van der Waals surface area contributed by atoms with Gasteiger partial charge in [0.2, 0.25) is 0 Å². The van der Waals surface area contributed by atoms with E-state index in [0.717, 1.165) is 5.56 Å². The highest BCUT2D eigenvalue weighted by Crippen LogP contribution is 2.56. The van der Waals surface area contributed by atoms with Crippen LogP contribution in [-0.4, -0.2) is 10.5 Å². The molecule has 0 radical (unpaired) electrons. The van der Waals surface area contributed by atoms with Crippen LogP contribution in [0.2, 0.25) is 0 Å². The number of ketones is 1. The molecule has 0 fully saturated rings. The maximum Gasteiger partial charge on any atom is 0.160 e. The maximum absolute atomic E-state index is 11.9. The van der Waals surface area contributed by atoms with Crippen molar-refractivity contribution in [2.45, 2.75) is 70.4 Å². The van der Waals surface area contributed by atoms with E-state index in [1.807, 2.05) is 11.8 Å². The van der Waals surface area contributed by atoms with Gasteiger partial charge in [-0.2, -0.15) is 0 Å². The average molecular weight is 290 g/mol. The fourth-order valence-corrected chi connectivity index (χ4v) is 5.34. The normalized spacial score (nSPS) is 23.3. The average Bonchev–Trinajstić information content (AvgIpc) is 2.30. The summed E-state index contributed by atoms with van der Waals surface area (Å²) < 4.78 is 0.214. The molecular formula is C18H26OS. The highest BCUT2D eigenvalue weighted by atomic mass is 32.2. The Morgan fingerprint density at radius 1 is 1.20 bits per heavy atom. The zero-order valence-corrected chi connectivity index (χ0v) is 14.8. The molecule has 1 aliphatic rings. The summed E-state index contributed by atoms with van der Waals surface area (Å²) in [4.78, 5) is 13.3. The van der Waals surface area contributed by atoms with E-state index in [4.69, 9.17) is 0 Å². The van der Waals surface area contributed by atoms with Gasteiger partial charge in [0, 0.05) is 15.2 Å². The number of aryl methyl sites for hydroxylation is 1. The molecule has 1 aromatic carbocycles. The molecule has 1 unspecified atom stereocenters. The minimum atomic E-state index is 0.0877. The van der Waals surface area contributed by atoms with Crippen molar-refractivity contribution >= 4 is 17.5 Å². The van der Waals surface area contributed by atoms with Crippen molar-refractivity contribution in [2.75, 3.05) is 0 Å². The molecule has 1 heterocycles. The summed E-state index contributed by atoms with van der Waals surface area (Å²) in [5.74, 6) is 0.722. The molecule has 0 saturated heterocycles. The molecule has 2 rings (SSSR count). The van der Waals surface area contributed by atoms with Crippen LogP contribution in [0.1, 0.15) is 68.6 Å². The topological polar surface area (TPSA) is 17.1 Å². The van der Waals surface area contributed by atoms with E-state index >= 15 is 0 Å². The van der Waals surface area contributed by atoms with Crippen LogP contribution in [0.25, 0.3) is 0 Å². The minimum absolute atomic E-state index is 0.0877. The Morgan fingerprint density at radius 2 is 1.75 bits per heavy atom. The van der Waals surface area contributed by atoms with Gasteiger partial charge >= 0.3 is 0 Å². The lowest BCUT2D eigenvalue weighted by Crippen LogP contribution is -2.44. The maximum atomic E-state index is 11.9. The SMILES string of the molecule is CC(=O)c1cc(C)c2c(c1C)C(C)(C)C(C)C(C)(C)S2. The summed E-state index contributed by atoms with van der Waals surface area (Å²) in [6.07, 6.45) is 0. The summed E-state index contributed by atoms with van der Waals surface area (Å²) >= 11 is 1.97. The predicted molar refractivity (Wildman–Crippen MR) is 88.0 cm³/mol. The summed E-state index contributed by atoms with van der Waals surface area (Å²) in [6, 6.07) is 2.08. The van der Waals surface area contributed by atoms with Crippen molar-refractivity contribution in [3.8, 4) is 0 Å². The second-order valence-corrected chi connectivity index (χ2v) is 8.94. The van der Waals surface area contributed by atoms with Crippen molar-refractivity contribution in [2.24, 2.45) is 5.92 Å². The van der Waals surface area contributed by atoms with E-state index in [9.17, 15) is 4.79 Å². The Balaban J connectivity index is 2.82. The van der Waals surface area contributed by atoms with Crippen LogP contribution in [-0.2, 0) is 5.41 Å². The second kappa shape index (κ2) is 4.62. The first-order valence-corrected chi connectivity index (χ1v) is 8.16. The molecule has 20 heavy (non-hydrogen) atoms. The molecule has 110 valence electrons. The lowest BCUT2D eigenvalue weighted by atomic mass is 9.67. The standard InChI is InChI=1S/C18H26OS/c1-10-9-14(12(3)19)11(2)15-16(10)20-18(7,8)13(4)17(15,5)6/h9,13H,1-8H3. The molecule has 1 nitrogen and oxygen atoms in total. The minimum Gasteiger partial charge on any atom is -0.295 e. The summed E-state index contributed by atoms with van der Waals surface area (Å²) in [7, 11) is 0. The Labute approximate surface area is 127 Å². The molecule has 2 heteroatoms. The second-order valence-electron chi connectivity index (χ2n) is 7.28. The summed E-state index contributed by atoms with van der Waals surface area (Å²) in [5, 5.41) is 0. The van der Waals surface area contributed by atoms with Gasteiger partial charge in [0.15, 0.2) is 5.78 Å². The van der Waals surface area contributed by atoms with Gasteiger partial charge < -0.3 is 0 Å². The third kappa shape index (κ3) is 2.13. The number of benzene rings is 1. The number of hydrogen-bond acceptors (Lipinski definition) is 2. The molecule has 1 aromatic rings. The Morgan fingerprint density at radius 3 is 2.25 bits per heavy atom. The van der Waals surface area contributed by atoms with Crippen LogP contribution in [0.3, 0.4) is 0 Å². The monoisotopic (exact) mass is 290 g/mol. The van der Waals surface area contributed by atoms with E-state index in [-0.39, 0.29) is 15.9 Å². The lowest BCUT2D eigenvalue weighted by molar-refractivity contribution is 0.101. The predicted octanol–water partition coefficient (Wildman–Crippen LogP) is 5.30. The third-order valence-corrected chi connectivity index (χ3v) is 6.85. The largest absolute Gasteiger partial charge is 0.295 e. The van der Waals surface area contributed by atoms with Gasteiger partial charge in [-0.3, -0.25) is 4.79 Å². The Kier molecular flexibility index (Phi) is 3.61. The molecule has 0 spiro atoms. The van der Waals surface area contributed by atoms with Crippen molar-refractivity contribution in [3.05, 3.63) is 28.3 Å². The smallest absolute Gasteiger partial charge is 0.160 e. The van der Waals surface area contributed by atoms with Gasteiger partial charge in [0.25, 0.3) is 0 Å². The molecule has 0 N–H and O–H groups in total. The molecule has 0 aliphatic carbocycles. The Bertz CT molecular complexity index is 582. The highest BCUT2D eigenvalue weighted by Gasteiger charge is 2.46. The number of carbonyl (C=O) groups is 1. The van der Waals surface area contributed by atoms with Gasteiger partial charge in [-0.25, -0.2) is 0 Å². The number of carbonyl (C=O) groups excluding carboxylic acids is 1. The summed E-state index contributed by atoms with van der Waals surface area (Å²) in [5.41, 5.74) is 4.79. The van der Waals surface area contributed by atoms with Gasteiger partial charge in [-0.15, -0.1) is 11.8 Å². The van der Waals surface area contributed by atoms with Crippen LogP contribution < -0.4 is 0 Å². The summed E-state index contributed by atoms with van der Waals surface area (Å²) in [6.45, 7) is 17.6. The first kappa shape index (κ1) is 15.6. The fourth-order valence-electron chi connectivity index (χ4n) is 3.60. The van der Waals surface area contributed by atoms with E-state index in [1.54, 1.807) is 6.92 Å². The van der Waals surface area contributed by atoms with Crippen molar-refractivity contribution < 1.29 is 4.79 Å². The van der Waals surface area contributed by atoms with Crippen LogP contribution in [0.15, 0.2) is 11.0 Å². The van der Waals surface area contributed by atoms with Gasteiger partial charge in [-0.1, -0.05) is 34.6 Å². The van der Waals surface area contributed by atoms with Gasteiger partial charge in [-0.05, 0) is 54.9 Å². The van der Waals surface area contributed by atoms with Crippen LogP contribution >= 0.6 is 11.8 Å². The number of Topliss-reactive ketones (excluding diaryl/α,β-unsaturated/α-hetero) is 1.